The van der Waals surface area contributed by atoms with Gasteiger partial charge >= 0.3 is 0 Å². The second-order valence-electron chi connectivity index (χ2n) is 6.30. The summed E-state index contributed by atoms with van der Waals surface area (Å²) in [4.78, 5) is 14.4. The molecular formula is C16H31N3O. The largest absolute Gasteiger partial charge is 0.356 e. The maximum atomic E-state index is 11.8. The average molecular weight is 281 g/mol. The zero-order chi connectivity index (χ0) is 14.4. The molecule has 116 valence electrons. The molecule has 1 amide bonds. The van der Waals surface area contributed by atoms with Gasteiger partial charge < -0.3 is 10.6 Å². The number of piperidine rings is 2. The summed E-state index contributed by atoms with van der Waals surface area (Å²) in [7, 11) is 0. The lowest BCUT2D eigenvalue weighted by molar-refractivity contribution is -0.122. The van der Waals surface area contributed by atoms with Gasteiger partial charge in [0, 0.05) is 37.6 Å². The van der Waals surface area contributed by atoms with Gasteiger partial charge in [0.1, 0.15) is 0 Å². The van der Waals surface area contributed by atoms with E-state index in [1.54, 1.807) is 0 Å². The standard InChI is InChI=1S/C16H31N3O/c1-3-9-18-16(20)8-10-19-14-6-5-7-15(19)12-13(11-14)17-4-2/h13-15,17H,3-12H2,1-2H3,(H,18,20). The van der Waals surface area contributed by atoms with E-state index in [4.69, 9.17) is 0 Å². The zero-order valence-corrected chi connectivity index (χ0v) is 13.2. The van der Waals surface area contributed by atoms with Crippen LogP contribution in [0.5, 0.6) is 0 Å². The Labute approximate surface area is 123 Å². The third-order valence-electron chi connectivity index (χ3n) is 4.79. The third-order valence-corrected chi connectivity index (χ3v) is 4.79. The summed E-state index contributed by atoms with van der Waals surface area (Å²) in [6, 6.07) is 2.09. The molecule has 2 heterocycles. The predicted octanol–water partition coefficient (Wildman–Crippen LogP) is 1.90. The molecule has 2 aliphatic rings. The van der Waals surface area contributed by atoms with E-state index < -0.39 is 0 Å². The maximum absolute atomic E-state index is 11.8. The summed E-state index contributed by atoms with van der Waals surface area (Å²) in [6.45, 7) is 7.12. The number of carbonyl (C=O) groups excluding carboxylic acids is 1. The highest BCUT2D eigenvalue weighted by molar-refractivity contribution is 5.76. The Morgan fingerprint density at radius 1 is 1.20 bits per heavy atom. The summed E-state index contributed by atoms with van der Waals surface area (Å²) >= 11 is 0. The molecule has 0 spiro atoms. The Bertz CT molecular complexity index is 294. The minimum absolute atomic E-state index is 0.221. The molecule has 20 heavy (non-hydrogen) atoms. The van der Waals surface area contributed by atoms with E-state index in [9.17, 15) is 4.79 Å². The Hall–Kier alpha value is -0.610. The van der Waals surface area contributed by atoms with Gasteiger partial charge in [0.15, 0.2) is 0 Å². The van der Waals surface area contributed by atoms with Crippen LogP contribution in [0, 0.1) is 0 Å². The number of fused-ring (bicyclic) bond motifs is 2. The van der Waals surface area contributed by atoms with Crippen molar-refractivity contribution in [1.82, 2.24) is 15.5 Å². The van der Waals surface area contributed by atoms with E-state index in [1.807, 2.05) is 0 Å². The number of rotatable bonds is 7. The lowest BCUT2D eigenvalue weighted by Crippen LogP contribution is -2.56. The summed E-state index contributed by atoms with van der Waals surface area (Å²) in [5.74, 6) is 0.221. The molecule has 2 unspecified atom stereocenters. The van der Waals surface area contributed by atoms with E-state index in [0.717, 1.165) is 26.1 Å². The van der Waals surface area contributed by atoms with Crippen molar-refractivity contribution in [3.8, 4) is 0 Å². The van der Waals surface area contributed by atoms with E-state index in [0.29, 0.717) is 24.5 Å². The van der Waals surface area contributed by atoms with E-state index in [1.165, 1.54) is 32.1 Å². The van der Waals surface area contributed by atoms with Crippen LogP contribution in [-0.2, 0) is 4.79 Å². The molecule has 0 saturated carbocycles. The first-order chi connectivity index (χ1) is 9.74. The number of amides is 1. The van der Waals surface area contributed by atoms with Gasteiger partial charge in [-0.05, 0) is 38.6 Å². The predicted molar refractivity (Wildman–Crippen MR) is 82.7 cm³/mol. The molecule has 4 heteroatoms. The summed E-state index contributed by atoms with van der Waals surface area (Å²) < 4.78 is 0. The average Bonchev–Trinajstić information content (AvgIpc) is 2.43. The summed E-state index contributed by atoms with van der Waals surface area (Å²) in [5.41, 5.74) is 0. The number of hydrogen-bond donors (Lipinski definition) is 2. The molecule has 2 aliphatic heterocycles. The van der Waals surface area contributed by atoms with Gasteiger partial charge in [0.25, 0.3) is 0 Å². The van der Waals surface area contributed by atoms with Crippen molar-refractivity contribution in [2.45, 2.75) is 76.9 Å². The highest BCUT2D eigenvalue weighted by Gasteiger charge is 2.37. The van der Waals surface area contributed by atoms with Crippen LogP contribution < -0.4 is 10.6 Å². The molecule has 2 atom stereocenters. The summed E-state index contributed by atoms with van der Waals surface area (Å²) in [6.07, 6.45) is 8.21. The Morgan fingerprint density at radius 3 is 2.50 bits per heavy atom. The lowest BCUT2D eigenvalue weighted by atomic mass is 9.81. The minimum atomic E-state index is 0.221. The molecule has 4 nitrogen and oxygen atoms in total. The number of carbonyl (C=O) groups is 1. The van der Waals surface area contributed by atoms with Crippen molar-refractivity contribution in [2.24, 2.45) is 0 Å². The van der Waals surface area contributed by atoms with Crippen molar-refractivity contribution in [1.29, 1.82) is 0 Å². The van der Waals surface area contributed by atoms with Gasteiger partial charge in [-0.1, -0.05) is 20.3 Å². The fourth-order valence-corrected chi connectivity index (χ4v) is 3.88. The molecule has 2 bridgehead atoms. The van der Waals surface area contributed by atoms with Crippen molar-refractivity contribution >= 4 is 5.91 Å². The maximum Gasteiger partial charge on any atom is 0.221 e. The fourth-order valence-electron chi connectivity index (χ4n) is 3.88. The normalized spacial score (nSPS) is 30.2. The van der Waals surface area contributed by atoms with Crippen LogP contribution in [0.25, 0.3) is 0 Å². The first kappa shape index (κ1) is 15.8. The van der Waals surface area contributed by atoms with Gasteiger partial charge in [0.05, 0.1) is 0 Å². The second kappa shape index (κ2) is 7.99. The van der Waals surface area contributed by atoms with Crippen LogP contribution in [0.3, 0.4) is 0 Å². The molecule has 0 aromatic heterocycles. The molecule has 2 fully saturated rings. The number of nitrogens with one attached hydrogen (secondary N) is 2. The Morgan fingerprint density at radius 2 is 1.90 bits per heavy atom. The van der Waals surface area contributed by atoms with Gasteiger partial charge in [0.2, 0.25) is 5.91 Å². The molecule has 2 rings (SSSR count). The van der Waals surface area contributed by atoms with Crippen LogP contribution in [0.15, 0.2) is 0 Å². The number of hydrogen-bond acceptors (Lipinski definition) is 3. The van der Waals surface area contributed by atoms with E-state index in [-0.39, 0.29) is 5.91 Å². The molecule has 2 saturated heterocycles. The van der Waals surface area contributed by atoms with Gasteiger partial charge in [-0.3, -0.25) is 9.69 Å². The van der Waals surface area contributed by atoms with Crippen LogP contribution in [-0.4, -0.2) is 48.6 Å². The topological polar surface area (TPSA) is 44.4 Å². The van der Waals surface area contributed by atoms with Crippen LogP contribution in [0.2, 0.25) is 0 Å². The van der Waals surface area contributed by atoms with Gasteiger partial charge in [-0.25, -0.2) is 0 Å². The highest BCUT2D eigenvalue weighted by Crippen LogP contribution is 2.34. The fraction of sp³-hybridized carbons (Fsp3) is 0.938. The first-order valence-corrected chi connectivity index (χ1v) is 8.50. The molecule has 0 aliphatic carbocycles. The smallest absolute Gasteiger partial charge is 0.221 e. The third kappa shape index (κ3) is 4.19. The summed E-state index contributed by atoms with van der Waals surface area (Å²) in [5, 5.41) is 6.61. The van der Waals surface area contributed by atoms with Crippen molar-refractivity contribution in [3.05, 3.63) is 0 Å². The SMILES string of the molecule is CCCNC(=O)CCN1C2CCCC1CC(NCC)C2. The first-order valence-electron chi connectivity index (χ1n) is 8.50. The van der Waals surface area contributed by atoms with Crippen molar-refractivity contribution in [2.75, 3.05) is 19.6 Å². The number of nitrogens with zero attached hydrogens (tertiary/aromatic N) is 1. The Kier molecular flexibility index (Phi) is 6.30. The quantitative estimate of drug-likeness (QED) is 0.749. The Balaban J connectivity index is 1.81. The van der Waals surface area contributed by atoms with Crippen molar-refractivity contribution < 1.29 is 4.79 Å². The van der Waals surface area contributed by atoms with Crippen LogP contribution in [0.4, 0.5) is 0 Å². The lowest BCUT2D eigenvalue weighted by Gasteiger charge is -2.49. The zero-order valence-electron chi connectivity index (χ0n) is 13.2. The van der Waals surface area contributed by atoms with E-state index >= 15 is 0 Å². The van der Waals surface area contributed by atoms with E-state index in [2.05, 4.69) is 29.4 Å². The van der Waals surface area contributed by atoms with Gasteiger partial charge in [-0.15, -0.1) is 0 Å². The molecule has 0 aromatic rings. The monoisotopic (exact) mass is 281 g/mol. The minimum Gasteiger partial charge on any atom is -0.356 e. The molecule has 0 radical (unpaired) electrons. The highest BCUT2D eigenvalue weighted by atomic mass is 16.1. The molecule has 2 N–H and O–H groups in total. The second-order valence-corrected chi connectivity index (χ2v) is 6.30. The van der Waals surface area contributed by atoms with Gasteiger partial charge in [-0.2, -0.15) is 0 Å². The molecular weight excluding hydrogens is 250 g/mol. The van der Waals surface area contributed by atoms with Crippen molar-refractivity contribution in [3.63, 3.8) is 0 Å². The molecule has 0 aromatic carbocycles. The van der Waals surface area contributed by atoms with Crippen LogP contribution in [0.1, 0.15) is 58.8 Å². The van der Waals surface area contributed by atoms with Crippen LogP contribution >= 0.6 is 0 Å².